The molecule has 1 aliphatic rings. The number of methoxy groups -OCH3 is 1. The van der Waals surface area contributed by atoms with E-state index in [-0.39, 0.29) is 58.0 Å². The van der Waals surface area contributed by atoms with Crippen LogP contribution < -0.4 is 9.64 Å². The fourth-order valence-corrected chi connectivity index (χ4v) is 8.16. The number of hydrogen-bond acceptors (Lipinski definition) is 14. The lowest BCUT2D eigenvalue weighted by atomic mass is 10.0. The fourth-order valence-electron chi connectivity index (χ4n) is 6.91. The quantitative estimate of drug-likeness (QED) is 0.0212. The van der Waals surface area contributed by atoms with Crippen LogP contribution in [0.4, 0.5) is 37.7 Å². The Morgan fingerprint density at radius 2 is 1.56 bits per heavy atom. The zero-order valence-electron chi connectivity index (χ0n) is 39.7. The van der Waals surface area contributed by atoms with Crippen LogP contribution in [0.2, 0.25) is 5.02 Å². The Morgan fingerprint density at radius 1 is 0.918 bits per heavy atom. The van der Waals surface area contributed by atoms with Gasteiger partial charge in [-0.15, -0.1) is 11.6 Å². The number of nitrogens with zero attached hydrogens (tertiary/aromatic N) is 3. The molecule has 1 aliphatic carbocycles. The van der Waals surface area contributed by atoms with Gasteiger partial charge >= 0.3 is 24.3 Å². The second-order valence-electron chi connectivity index (χ2n) is 15.9. The molecular weight excluding hydrogens is 1040 g/mol. The largest absolute Gasteiger partial charge is 0.463 e. The van der Waals surface area contributed by atoms with Gasteiger partial charge in [-0.25, -0.2) is 18.0 Å². The second kappa shape index (κ2) is 25.4. The third-order valence-corrected chi connectivity index (χ3v) is 12.1. The minimum Gasteiger partial charge on any atom is -0.463 e. The molecule has 16 nitrogen and oxygen atoms in total. The van der Waals surface area contributed by atoms with Gasteiger partial charge in [-0.2, -0.15) is 26.3 Å². The number of nitro benzene ring substituents is 1. The van der Waals surface area contributed by atoms with Crippen molar-refractivity contribution in [3.05, 3.63) is 139 Å². The second-order valence-corrected chi connectivity index (χ2v) is 18.5. The summed E-state index contributed by atoms with van der Waals surface area (Å²) in [5.41, 5.74) is -0.321. The van der Waals surface area contributed by atoms with Crippen molar-refractivity contribution in [3.63, 3.8) is 0 Å². The number of anilines is 1. The van der Waals surface area contributed by atoms with Crippen LogP contribution in [-0.4, -0.2) is 87.2 Å². The van der Waals surface area contributed by atoms with Crippen LogP contribution in [0.15, 0.2) is 88.4 Å². The topological polar surface area (TPSA) is 212 Å². The Morgan fingerprint density at radius 3 is 2.11 bits per heavy atom. The standard InChI is InChI=1S/C18H13ClF3NO7.C15H22ClNO2.C15H12F3NO4S/c1-2-28-16(24)9-29-17(25)12-8-11(4-5-14(12)23(26)27)30-15-6-3-10(7-13(15)19)18(20,21)22;1-5-13-8-6-7-11(2)15(13)17(14(18)9-16)12(3)10-19-4;1-24(21,22)12-6-9(15(16,17)18)4-5-10(12)13(20)11-7-19-23-14(11)8-2-3-8/h3-8H,2,9H2,1H3;6-8,12H,5,9-10H2,1-4H3;4-8H,2-3H2,1H3. The van der Waals surface area contributed by atoms with Gasteiger partial charge in [0.15, 0.2) is 28.0 Å². The molecule has 1 aromatic heterocycles. The van der Waals surface area contributed by atoms with Crippen molar-refractivity contribution in [1.29, 1.82) is 0 Å². The third kappa shape index (κ3) is 16.0. The highest BCUT2D eigenvalue weighted by molar-refractivity contribution is 7.90. The van der Waals surface area contributed by atoms with E-state index in [1.807, 2.05) is 26.0 Å². The highest BCUT2D eigenvalue weighted by atomic mass is 35.5. The van der Waals surface area contributed by atoms with Gasteiger partial charge in [0, 0.05) is 37.0 Å². The van der Waals surface area contributed by atoms with Crippen molar-refractivity contribution in [3.8, 4) is 11.5 Å². The first-order chi connectivity index (χ1) is 34.2. The molecule has 1 fully saturated rings. The summed E-state index contributed by atoms with van der Waals surface area (Å²) in [6.45, 7) is 7.39. The van der Waals surface area contributed by atoms with Crippen molar-refractivity contribution >= 4 is 68.0 Å². The molecule has 1 atom stereocenters. The molecule has 394 valence electrons. The molecule has 1 amide bonds. The van der Waals surface area contributed by atoms with E-state index in [0.29, 0.717) is 30.6 Å². The average Bonchev–Trinajstić information content (AvgIpc) is 4.06. The highest BCUT2D eigenvalue weighted by Crippen LogP contribution is 2.43. The summed E-state index contributed by atoms with van der Waals surface area (Å²) in [6, 6.07) is 13.4. The molecule has 0 aliphatic heterocycles. The zero-order valence-corrected chi connectivity index (χ0v) is 42.0. The number of rotatable bonds is 17. The third-order valence-electron chi connectivity index (χ3n) is 10.4. The van der Waals surface area contributed by atoms with E-state index < -0.39 is 78.7 Å². The highest BCUT2D eigenvalue weighted by Gasteiger charge is 2.37. The summed E-state index contributed by atoms with van der Waals surface area (Å²) in [5, 5.41) is 14.3. The maximum Gasteiger partial charge on any atom is 0.416 e. The molecule has 6 rings (SSSR count). The number of ketones is 1. The number of carbonyl (C=O) groups excluding carboxylic acids is 4. The van der Waals surface area contributed by atoms with Gasteiger partial charge in [0.05, 0.1) is 62.7 Å². The minimum absolute atomic E-state index is 0.0223. The number of alkyl halides is 7. The van der Waals surface area contributed by atoms with E-state index in [1.165, 1.54) is 13.1 Å². The summed E-state index contributed by atoms with van der Waals surface area (Å²) in [5.74, 6) is -2.79. The monoisotopic (exact) mass is 1090 g/mol. The SMILES string of the molecule is CCOC(=O)COC(=O)c1cc(Oc2ccc(C(F)(F)F)cc2Cl)ccc1[N+](=O)[O-].CCc1cccc(C)c1N(C(=O)CCl)C(C)COC.CS(=O)(=O)c1cc(C(F)(F)F)ccc1C(=O)c1cnoc1C1CC1. The first kappa shape index (κ1) is 59.0. The Bertz CT molecular complexity index is 2930. The van der Waals surface area contributed by atoms with Crippen LogP contribution in [0.3, 0.4) is 0 Å². The minimum atomic E-state index is -4.71. The van der Waals surface area contributed by atoms with E-state index in [0.717, 1.165) is 78.7 Å². The number of sulfone groups is 1. The Kier molecular flexibility index (Phi) is 20.5. The van der Waals surface area contributed by atoms with Crippen molar-refractivity contribution in [2.75, 3.05) is 44.0 Å². The molecule has 1 saturated carbocycles. The smallest absolute Gasteiger partial charge is 0.416 e. The zero-order chi connectivity index (χ0) is 54.6. The summed E-state index contributed by atoms with van der Waals surface area (Å²) in [6.07, 6.45) is -4.87. The number of amides is 1. The van der Waals surface area contributed by atoms with Gasteiger partial charge < -0.3 is 28.4 Å². The molecule has 0 spiro atoms. The number of carbonyl (C=O) groups is 4. The summed E-state index contributed by atoms with van der Waals surface area (Å²) < 4.78 is 125. The van der Waals surface area contributed by atoms with Crippen molar-refractivity contribution in [2.24, 2.45) is 0 Å². The number of aromatic nitrogens is 1. The first-order valence-corrected chi connectivity index (χ1v) is 24.5. The summed E-state index contributed by atoms with van der Waals surface area (Å²) >= 11 is 11.6. The molecule has 0 N–H and O–H groups in total. The van der Waals surface area contributed by atoms with Gasteiger partial charge in [0.1, 0.15) is 22.9 Å². The van der Waals surface area contributed by atoms with Gasteiger partial charge in [0.25, 0.3) is 5.69 Å². The predicted molar refractivity (Wildman–Crippen MR) is 253 cm³/mol. The van der Waals surface area contributed by atoms with Crippen LogP contribution >= 0.6 is 23.2 Å². The lowest BCUT2D eigenvalue weighted by Crippen LogP contribution is -2.43. The van der Waals surface area contributed by atoms with Crippen LogP contribution in [0, 0.1) is 17.0 Å². The van der Waals surface area contributed by atoms with Gasteiger partial charge in [-0.05, 0) is 93.6 Å². The number of benzene rings is 4. The molecular formula is C48H47Cl2F6N3O13S. The van der Waals surface area contributed by atoms with Crippen LogP contribution in [-0.2, 0) is 52.4 Å². The average molecular weight is 1090 g/mol. The maximum absolute atomic E-state index is 12.8. The fraction of sp³-hybridized carbons (Fsp3) is 0.354. The lowest BCUT2D eigenvalue weighted by molar-refractivity contribution is -0.385. The van der Waals surface area contributed by atoms with E-state index in [4.69, 9.17) is 41.9 Å². The number of ether oxygens (including phenoxy) is 4. The number of nitro groups is 1. The number of para-hydroxylation sites is 1. The van der Waals surface area contributed by atoms with Crippen LogP contribution in [0.1, 0.15) is 93.8 Å². The Hall–Kier alpha value is -6.56. The number of hydrogen-bond donors (Lipinski definition) is 0. The van der Waals surface area contributed by atoms with Gasteiger partial charge in [0.2, 0.25) is 5.91 Å². The molecule has 1 heterocycles. The van der Waals surface area contributed by atoms with Crippen LogP contribution in [0.25, 0.3) is 0 Å². The number of halogens is 8. The van der Waals surface area contributed by atoms with Gasteiger partial charge in [-0.1, -0.05) is 41.9 Å². The first-order valence-electron chi connectivity index (χ1n) is 21.7. The summed E-state index contributed by atoms with van der Waals surface area (Å²) in [7, 11) is -2.40. The van der Waals surface area contributed by atoms with E-state index in [9.17, 15) is 64.1 Å². The van der Waals surface area contributed by atoms with Gasteiger partial charge in [-0.3, -0.25) is 19.7 Å². The number of aryl methyl sites for hydroxylation is 2. The molecule has 4 aromatic carbocycles. The lowest BCUT2D eigenvalue weighted by Gasteiger charge is -2.31. The van der Waals surface area contributed by atoms with Crippen molar-refractivity contribution in [2.45, 2.75) is 76.2 Å². The number of esters is 2. The van der Waals surface area contributed by atoms with E-state index in [2.05, 4.69) is 22.9 Å². The molecule has 0 radical (unpaired) electrons. The van der Waals surface area contributed by atoms with Crippen molar-refractivity contribution in [1.82, 2.24) is 5.16 Å². The van der Waals surface area contributed by atoms with E-state index >= 15 is 0 Å². The Balaban J connectivity index is 0.000000244. The van der Waals surface area contributed by atoms with E-state index in [1.54, 1.807) is 12.0 Å². The molecule has 0 bridgehead atoms. The molecule has 1 unspecified atom stereocenters. The predicted octanol–water partition coefficient (Wildman–Crippen LogP) is 11.1. The molecule has 25 heteroatoms. The van der Waals surface area contributed by atoms with Crippen molar-refractivity contribution < 1.29 is 82.3 Å². The molecule has 0 saturated heterocycles. The summed E-state index contributed by atoms with van der Waals surface area (Å²) in [4.78, 5) is 59.7. The van der Waals surface area contributed by atoms with Crippen LogP contribution in [0.5, 0.6) is 11.5 Å². The Labute approximate surface area is 424 Å². The maximum atomic E-state index is 12.8. The molecule has 73 heavy (non-hydrogen) atoms. The molecule has 5 aromatic rings. The normalized spacial score (nSPS) is 12.8.